The zero-order valence-electron chi connectivity index (χ0n) is 17.6. The molecule has 0 spiro atoms. The van der Waals surface area contributed by atoms with Gasteiger partial charge in [-0.2, -0.15) is 0 Å². The van der Waals surface area contributed by atoms with Crippen molar-refractivity contribution in [3.05, 3.63) is 75.8 Å². The molecule has 1 fully saturated rings. The molecule has 1 saturated heterocycles. The van der Waals surface area contributed by atoms with E-state index in [1.165, 1.54) is 6.07 Å². The summed E-state index contributed by atoms with van der Waals surface area (Å²) in [6.07, 6.45) is 4.58. The van der Waals surface area contributed by atoms with E-state index in [9.17, 15) is 18.0 Å². The fourth-order valence-electron chi connectivity index (χ4n) is 4.19. The molecule has 7 heteroatoms. The molecule has 1 aliphatic carbocycles. The van der Waals surface area contributed by atoms with Gasteiger partial charge in [-0.3, -0.25) is 14.3 Å². The van der Waals surface area contributed by atoms with E-state index >= 15 is 0 Å². The molecule has 4 rings (SSSR count). The molecule has 2 aliphatic rings. The lowest BCUT2D eigenvalue weighted by Crippen LogP contribution is -2.38. The number of sulfonamides is 1. The van der Waals surface area contributed by atoms with Crippen LogP contribution in [-0.2, 0) is 16.4 Å². The number of carbonyl (C=O) groups excluding carboxylic acids is 2. The Kier molecular flexibility index (Phi) is 5.96. The van der Waals surface area contributed by atoms with Crippen molar-refractivity contribution in [2.24, 2.45) is 0 Å². The van der Waals surface area contributed by atoms with Crippen LogP contribution in [0.3, 0.4) is 0 Å². The number of rotatable bonds is 5. The van der Waals surface area contributed by atoms with Crippen molar-refractivity contribution >= 4 is 27.3 Å². The van der Waals surface area contributed by atoms with Crippen molar-refractivity contribution in [3.8, 4) is 0 Å². The highest BCUT2D eigenvalue weighted by molar-refractivity contribution is 7.97. The minimum absolute atomic E-state index is 0.00304. The quantitative estimate of drug-likeness (QED) is 0.758. The van der Waals surface area contributed by atoms with Crippen LogP contribution in [0.4, 0.5) is 5.69 Å². The first-order chi connectivity index (χ1) is 14.9. The number of carbonyl (C=O) groups is 2. The number of ketones is 2. The summed E-state index contributed by atoms with van der Waals surface area (Å²) in [4.78, 5) is 28.1. The van der Waals surface area contributed by atoms with Crippen LogP contribution in [0.1, 0.15) is 58.9 Å². The summed E-state index contributed by atoms with van der Waals surface area (Å²) in [7, 11) is -4.27. The highest BCUT2D eigenvalue weighted by atomic mass is 32.2. The number of hydrogen-bond acceptors (Lipinski definition) is 5. The number of nitrogens with zero attached hydrogens (tertiary/aromatic N) is 1. The van der Waals surface area contributed by atoms with Crippen LogP contribution in [0, 0.1) is 0 Å². The molecule has 6 nitrogen and oxygen atoms in total. The Morgan fingerprint density at radius 2 is 1.42 bits per heavy atom. The third kappa shape index (κ3) is 4.14. The summed E-state index contributed by atoms with van der Waals surface area (Å²) >= 11 is 0. The summed E-state index contributed by atoms with van der Waals surface area (Å²) in [6.45, 7) is 3.13. The van der Waals surface area contributed by atoms with E-state index in [2.05, 4.69) is 4.72 Å². The fraction of sp³-hybridized carbons (Fsp3) is 0.333. The first-order valence-corrected chi connectivity index (χ1v) is 12.2. The van der Waals surface area contributed by atoms with Gasteiger partial charge in [-0.05, 0) is 37.0 Å². The topological polar surface area (TPSA) is 83.6 Å². The average molecular weight is 439 g/mol. The van der Waals surface area contributed by atoms with Crippen molar-refractivity contribution < 1.29 is 18.0 Å². The van der Waals surface area contributed by atoms with E-state index in [4.69, 9.17) is 0 Å². The average Bonchev–Trinajstić information content (AvgIpc) is 3.05. The Morgan fingerprint density at radius 3 is 2.00 bits per heavy atom. The highest BCUT2D eigenvalue weighted by Crippen LogP contribution is 2.33. The molecule has 1 heterocycles. The van der Waals surface area contributed by atoms with E-state index in [0.29, 0.717) is 18.8 Å². The first kappa shape index (κ1) is 21.3. The Balaban J connectivity index is 1.83. The van der Waals surface area contributed by atoms with E-state index in [0.717, 1.165) is 37.7 Å². The van der Waals surface area contributed by atoms with Crippen LogP contribution in [-0.4, -0.2) is 38.0 Å². The van der Waals surface area contributed by atoms with Gasteiger partial charge in [0.1, 0.15) is 5.70 Å². The smallest absolute Gasteiger partial charge is 0.268 e. The lowest BCUT2D eigenvalue weighted by molar-refractivity contribution is 0.0947. The van der Waals surface area contributed by atoms with Gasteiger partial charge < -0.3 is 4.90 Å². The first-order valence-electron chi connectivity index (χ1n) is 10.7. The number of allylic oxidation sites excluding steroid dienone is 2. The molecule has 0 unspecified atom stereocenters. The lowest BCUT2D eigenvalue weighted by Gasteiger charge is -2.30. The van der Waals surface area contributed by atoms with Crippen LogP contribution in [0.5, 0.6) is 0 Å². The predicted octanol–water partition coefficient (Wildman–Crippen LogP) is 4.16. The minimum Gasteiger partial charge on any atom is -0.367 e. The van der Waals surface area contributed by atoms with Gasteiger partial charge in [-0.15, -0.1) is 0 Å². The molecule has 1 N–H and O–H groups in total. The molecule has 0 bridgehead atoms. The fourth-order valence-corrected chi connectivity index (χ4v) is 5.56. The third-order valence-corrected chi connectivity index (χ3v) is 7.28. The second-order valence-electron chi connectivity index (χ2n) is 7.94. The number of benzene rings is 2. The number of nitrogens with one attached hydrogen (secondary N) is 1. The summed E-state index contributed by atoms with van der Waals surface area (Å²) in [5.74, 6) is -1.04. The van der Waals surface area contributed by atoms with E-state index in [-0.39, 0.29) is 16.8 Å². The third-order valence-electron chi connectivity index (χ3n) is 5.86. The molecule has 0 radical (unpaired) electrons. The molecular formula is C24H26N2O4S. The van der Waals surface area contributed by atoms with Crippen molar-refractivity contribution in [3.63, 3.8) is 0 Å². The maximum absolute atomic E-state index is 13.4. The van der Waals surface area contributed by atoms with Crippen molar-refractivity contribution in [2.45, 2.75) is 39.0 Å². The monoisotopic (exact) mass is 438 g/mol. The Hall–Kier alpha value is -2.93. The number of anilines is 1. The van der Waals surface area contributed by atoms with Gasteiger partial charge in [0, 0.05) is 29.9 Å². The Morgan fingerprint density at radius 1 is 0.839 bits per heavy atom. The van der Waals surface area contributed by atoms with Crippen molar-refractivity contribution in [1.29, 1.82) is 0 Å². The van der Waals surface area contributed by atoms with Crippen molar-refractivity contribution in [2.75, 3.05) is 17.8 Å². The number of aryl methyl sites for hydroxylation is 1. The van der Waals surface area contributed by atoms with Crippen LogP contribution < -0.4 is 4.72 Å². The van der Waals surface area contributed by atoms with Crippen LogP contribution in [0.25, 0.3) is 0 Å². The number of likely N-dealkylation sites (tertiary alicyclic amines) is 1. The van der Waals surface area contributed by atoms with Gasteiger partial charge in [0.2, 0.25) is 11.6 Å². The number of hydrogen-bond donors (Lipinski definition) is 1. The standard InChI is InChI=1S/C24H26N2O4S/c1-2-17-11-13-18(14-12-17)25-31(29,30)24-21(26-15-7-3-4-8-16-26)22(27)19-9-5-6-10-20(19)23(24)28/h5-6,9-14,25H,2-4,7-8,15-16H2,1H3. The molecule has 0 amide bonds. The zero-order chi connectivity index (χ0) is 22.0. The summed E-state index contributed by atoms with van der Waals surface area (Å²) in [6, 6.07) is 13.5. The molecule has 0 aromatic heterocycles. The van der Waals surface area contributed by atoms with Gasteiger partial charge in [-0.1, -0.05) is 56.2 Å². The molecule has 162 valence electrons. The Bertz CT molecular complexity index is 1140. The molecule has 0 atom stereocenters. The molecular weight excluding hydrogens is 412 g/mol. The molecule has 0 saturated carbocycles. The van der Waals surface area contributed by atoms with Crippen LogP contribution in [0.2, 0.25) is 0 Å². The highest BCUT2D eigenvalue weighted by Gasteiger charge is 2.41. The Labute approximate surface area is 183 Å². The van der Waals surface area contributed by atoms with Gasteiger partial charge in [0.15, 0.2) is 4.91 Å². The molecule has 1 aliphatic heterocycles. The lowest BCUT2D eigenvalue weighted by atomic mass is 9.91. The van der Waals surface area contributed by atoms with Crippen molar-refractivity contribution in [1.82, 2.24) is 4.90 Å². The van der Waals surface area contributed by atoms with Gasteiger partial charge in [-0.25, -0.2) is 8.42 Å². The van der Waals surface area contributed by atoms with E-state index < -0.39 is 26.5 Å². The molecule has 2 aromatic carbocycles. The summed E-state index contributed by atoms with van der Waals surface area (Å²) in [5.41, 5.74) is 1.83. The van der Waals surface area contributed by atoms with Crippen LogP contribution in [0.15, 0.2) is 59.1 Å². The number of fused-ring (bicyclic) bond motifs is 1. The maximum atomic E-state index is 13.4. The summed E-state index contributed by atoms with van der Waals surface area (Å²) in [5, 5.41) is 0. The van der Waals surface area contributed by atoms with E-state index in [1.54, 1.807) is 35.2 Å². The summed E-state index contributed by atoms with van der Waals surface area (Å²) < 4.78 is 29.4. The second-order valence-corrected chi connectivity index (χ2v) is 9.56. The zero-order valence-corrected chi connectivity index (χ0v) is 18.4. The van der Waals surface area contributed by atoms with Gasteiger partial charge >= 0.3 is 0 Å². The maximum Gasteiger partial charge on any atom is 0.268 e. The van der Waals surface area contributed by atoms with Crippen LogP contribution >= 0.6 is 0 Å². The second kappa shape index (κ2) is 8.67. The minimum atomic E-state index is -4.27. The SMILES string of the molecule is CCc1ccc(NS(=O)(=O)C2=C(N3CCCCCC3)C(=O)c3ccccc3C2=O)cc1. The molecule has 31 heavy (non-hydrogen) atoms. The largest absolute Gasteiger partial charge is 0.367 e. The normalized spacial score (nSPS) is 17.4. The molecule has 2 aromatic rings. The van der Waals surface area contributed by atoms with Gasteiger partial charge in [0.05, 0.1) is 0 Å². The number of Topliss-reactive ketones (excluding diaryl/α,β-unsaturated/α-hetero) is 2. The van der Waals surface area contributed by atoms with E-state index in [1.807, 2.05) is 19.1 Å². The van der Waals surface area contributed by atoms with Gasteiger partial charge in [0.25, 0.3) is 10.0 Å². The predicted molar refractivity (Wildman–Crippen MR) is 121 cm³/mol.